The number of rotatable bonds is 10. The van der Waals surface area contributed by atoms with Crippen LogP contribution < -0.4 is 15.2 Å². The summed E-state index contributed by atoms with van der Waals surface area (Å²) < 4.78 is 10.7. The van der Waals surface area contributed by atoms with Gasteiger partial charge in [-0.25, -0.2) is 0 Å². The third-order valence-corrected chi connectivity index (χ3v) is 3.63. The van der Waals surface area contributed by atoms with E-state index in [0.29, 0.717) is 11.4 Å². The zero-order valence-electron chi connectivity index (χ0n) is 13.9. The molecule has 0 heterocycles. The predicted octanol–water partition coefficient (Wildman–Crippen LogP) is 3.34. The maximum atomic E-state index is 5.99. The Bertz CT molecular complexity index is 415. The third kappa shape index (κ3) is 5.46. The van der Waals surface area contributed by atoms with Gasteiger partial charge in [0, 0.05) is 6.07 Å². The molecule has 0 fully saturated rings. The minimum Gasteiger partial charge on any atom is -0.496 e. The largest absolute Gasteiger partial charge is 0.496 e. The van der Waals surface area contributed by atoms with Crippen LogP contribution in [0.3, 0.4) is 0 Å². The van der Waals surface area contributed by atoms with Gasteiger partial charge >= 0.3 is 0 Å². The zero-order chi connectivity index (χ0) is 15.7. The molecule has 4 nitrogen and oxygen atoms in total. The lowest BCUT2D eigenvalue weighted by Crippen LogP contribution is -2.26. The minimum absolute atomic E-state index is 0.673. The summed E-state index contributed by atoms with van der Waals surface area (Å²) in [6.45, 7) is 7.94. The SMILES string of the molecule is CCCN(CCC)CCCc1cc(N)c(OC)cc1OC. The molecule has 0 saturated carbocycles. The minimum atomic E-state index is 0.673. The predicted molar refractivity (Wildman–Crippen MR) is 89.3 cm³/mol. The number of hydrogen-bond donors (Lipinski definition) is 1. The van der Waals surface area contributed by atoms with Crippen molar-refractivity contribution < 1.29 is 9.47 Å². The fourth-order valence-electron chi connectivity index (χ4n) is 2.65. The van der Waals surface area contributed by atoms with E-state index in [1.807, 2.05) is 12.1 Å². The van der Waals surface area contributed by atoms with Crippen LogP contribution in [0, 0.1) is 0 Å². The average Bonchev–Trinajstić information content (AvgIpc) is 2.48. The lowest BCUT2D eigenvalue weighted by molar-refractivity contribution is 0.271. The smallest absolute Gasteiger partial charge is 0.145 e. The Balaban J connectivity index is 2.63. The number of anilines is 1. The Labute approximate surface area is 129 Å². The summed E-state index contributed by atoms with van der Waals surface area (Å²) in [6, 6.07) is 3.85. The van der Waals surface area contributed by atoms with Crippen molar-refractivity contribution in [1.82, 2.24) is 4.90 Å². The molecule has 0 unspecified atom stereocenters. The molecule has 0 aliphatic carbocycles. The first kappa shape index (κ1) is 17.6. The lowest BCUT2D eigenvalue weighted by atomic mass is 10.1. The van der Waals surface area contributed by atoms with E-state index in [2.05, 4.69) is 18.7 Å². The second kappa shape index (κ2) is 9.50. The molecule has 1 aromatic rings. The van der Waals surface area contributed by atoms with Crippen LogP contribution in [-0.4, -0.2) is 38.8 Å². The Morgan fingerprint density at radius 1 is 0.952 bits per heavy atom. The fraction of sp³-hybridized carbons (Fsp3) is 0.647. The lowest BCUT2D eigenvalue weighted by Gasteiger charge is -2.21. The summed E-state index contributed by atoms with van der Waals surface area (Å²) in [5.41, 5.74) is 7.82. The molecule has 0 aromatic heterocycles. The molecule has 0 bridgehead atoms. The summed E-state index contributed by atoms with van der Waals surface area (Å²) in [4.78, 5) is 2.53. The van der Waals surface area contributed by atoms with Crippen molar-refractivity contribution in [1.29, 1.82) is 0 Å². The monoisotopic (exact) mass is 294 g/mol. The standard InChI is InChI=1S/C17H30N2O2/c1-5-9-19(10-6-2)11-7-8-14-12-15(18)17(21-4)13-16(14)20-3/h12-13H,5-11,18H2,1-4H3. The molecule has 0 aliphatic rings. The van der Waals surface area contributed by atoms with E-state index in [-0.39, 0.29) is 0 Å². The van der Waals surface area contributed by atoms with Crippen molar-refractivity contribution in [3.05, 3.63) is 17.7 Å². The number of aryl methyl sites for hydroxylation is 1. The summed E-state index contributed by atoms with van der Waals surface area (Å²) in [5.74, 6) is 1.53. The van der Waals surface area contributed by atoms with Gasteiger partial charge < -0.3 is 20.1 Å². The van der Waals surface area contributed by atoms with Crippen molar-refractivity contribution in [3.63, 3.8) is 0 Å². The highest BCUT2D eigenvalue weighted by Gasteiger charge is 2.10. The van der Waals surface area contributed by atoms with Crippen LogP contribution in [0.4, 0.5) is 5.69 Å². The molecule has 0 spiro atoms. The quantitative estimate of drug-likeness (QED) is 0.672. The molecular formula is C17H30N2O2. The normalized spacial score (nSPS) is 10.9. The first-order valence-electron chi connectivity index (χ1n) is 7.88. The van der Waals surface area contributed by atoms with Crippen molar-refractivity contribution >= 4 is 5.69 Å². The molecular weight excluding hydrogens is 264 g/mol. The fourth-order valence-corrected chi connectivity index (χ4v) is 2.65. The highest BCUT2D eigenvalue weighted by atomic mass is 16.5. The van der Waals surface area contributed by atoms with Crippen LogP contribution in [0.5, 0.6) is 11.5 Å². The van der Waals surface area contributed by atoms with E-state index < -0.39 is 0 Å². The Morgan fingerprint density at radius 3 is 2.10 bits per heavy atom. The van der Waals surface area contributed by atoms with Crippen LogP contribution in [0.1, 0.15) is 38.7 Å². The number of nitrogens with two attached hydrogens (primary N) is 1. The van der Waals surface area contributed by atoms with Crippen LogP contribution in [0.25, 0.3) is 0 Å². The van der Waals surface area contributed by atoms with Gasteiger partial charge in [-0.15, -0.1) is 0 Å². The van der Waals surface area contributed by atoms with Crippen LogP contribution in [0.15, 0.2) is 12.1 Å². The molecule has 21 heavy (non-hydrogen) atoms. The number of nitrogens with zero attached hydrogens (tertiary/aromatic N) is 1. The first-order valence-corrected chi connectivity index (χ1v) is 7.88. The topological polar surface area (TPSA) is 47.7 Å². The van der Waals surface area contributed by atoms with Crippen LogP contribution in [-0.2, 0) is 6.42 Å². The van der Waals surface area contributed by atoms with Crippen molar-refractivity contribution in [3.8, 4) is 11.5 Å². The summed E-state index contributed by atoms with van der Waals surface area (Å²) in [7, 11) is 3.31. The van der Waals surface area contributed by atoms with Crippen LogP contribution in [0.2, 0.25) is 0 Å². The average molecular weight is 294 g/mol. The number of benzene rings is 1. The van der Waals surface area contributed by atoms with Gasteiger partial charge in [0.05, 0.1) is 19.9 Å². The molecule has 1 rings (SSSR count). The van der Waals surface area contributed by atoms with E-state index in [1.54, 1.807) is 14.2 Å². The van der Waals surface area contributed by atoms with Gasteiger partial charge in [0.1, 0.15) is 11.5 Å². The van der Waals surface area contributed by atoms with Gasteiger partial charge in [-0.1, -0.05) is 13.8 Å². The number of ether oxygens (including phenoxy) is 2. The van der Waals surface area contributed by atoms with Crippen molar-refractivity contribution in [2.24, 2.45) is 0 Å². The van der Waals surface area contributed by atoms with Gasteiger partial charge in [0.15, 0.2) is 0 Å². The molecule has 120 valence electrons. The van der Waals surface area contributed by atoms with E-state index >= 15 is 0 Å². The second-order valence-corrected chi connectivity index (χ2v) is 5.35. The second-order valence-electron chi connectivity index (χ2n) is 5.35. The molecule has 1 aromatic carbocycles. The van der Waals surface area contributed by atoms with E-state index in [4.69, 9.17) is 15.2 Å². The van der Waals surface area contributed by atoms with Crippen LogP contribution >= 0.6 is 0 Å². The highest BCUT2D eigenvalue weighted by molar-refractivity contribution is 5.59. The van der Waals surface area contributed by atoms with Gasteiger partial charge in [-0.2, -0.15) is 0 Å². The molecule has 4 heteroatoms. The number of nitrogen functional groups attached to an aromatic ring is 1. The number of methoxy groups -OCH3 is 2. The maximum Gasteiger partial charge on any atom is 0.145 e. The Morgan fingerprint density at radius 2 is 1.57 bits per heavy atom. The van der Waals surface area contributed by atoms with Gasteiger partial charge in [0.25, 0.3) is 0 Å². The highest BCUT2D eigenvalue weighted by Crippen LogP contribution is 2.31. The van der Waals surface area contributed by atoms with Gasteiger partial charge in [-0.3, -0.25) is 0 Å². The Kier molecular flexibility index (Phi) is 7.98. The molecule has 0 radical (unpaired) electrons. The van der Waals surface area contributed by atoms with Gasteiger partial charge in [0.2, 0.25) is 0 Å². The third-order valence-electron chi connectivity index (χ3n) is 3.63. The summed E-state index contributed by atoms with van der Waals surface area (Å²) >= 11 is 0. The van der Waals surface area contributed by atoms with E-state index in [1.165, 1.54) is 25.9 Å². The molecule has 0 atom stereocenters. The van der Waals surface area contributed by atoms with E-state index in [0.717, 1.165) is 30.7 Å². The van der Waals surface area contributed by atoms with Crippen molar-refractivity contribution in [2.45, 2.75) is 39.5 Å². The van der Waals surface area contributed by atoms with Gasteiger partial charge in [-0.05, 0) is 56.9 Å². The molecule has 0 aliphatic heterocycles. The maximum absolute atomic E-state index is 5.99. The van der Waals surface area contributed by atoms with E-state index in [9.17, 15) is 0 Å². The molecule has 0 saturated heterocycles. The summed E-state index contributed by atoms with van der Waals surface area (Å²) in [6.07, 6.45) is 4.50. The first-order chi connectivity index (χ1) is 10.2. The summed E-state index contributed by atoms with van der Waals surface area (Å²) in [5, 5.41) is 0. The molecule has 0 amide bonds. The molecule has 2 N–H and O–H groups in total. The number of hydrogen-bond acceptors (Lipinski definition) is 4. The van der Waals surface area contributed by atoms with Crippen molar-refractivity contribution in [2.75, 3.05) is 39.6 Å². The zero-order valence-corrected chi connectivity index (χ0v) is 13.9. The Hall–Kier alpha value is -1.42.